The first-order valence-electron chi connectivity index (χ1n) is 8.54. The van der Waals surface area contributed by atoms with Crippen LogP contribution in [-0.2, 0) is 6.54 Å². The fourth-order valence-electron chi connectivity index (χ4n) is 2.87. The molecule has 1 amide bonds. The number of Topliss-reactive ketones (excluding diaryl/α,β-unsaturated/α-hetero) is 1. The Balaban J connectivity index is 1.90. The molecule has 0 aliphatic rings. The number of ketones is 1. The van der Waals surface area contributed by atoms with Crippen LogP contribution in [-0.4, -0.2) is 31.3 Å². The number of amides is 1. The first-order chi connectivity index (χ1) is 13.7. The van der Waals surface area contributed by atoms with Gasteiger partial charge in [0, 0.05) is 24.8 Å². The molecule has 0 fully saturated rings. The van der Waals surface area contributed by atoms with Gasteiger partial charge in [0.25, 0.3) is 5.91 Å². The van der Waals surface area contributed by atoms with E-state index >= 15 is 0 Å². The lowest BCUT2D eigenvalue weighted by atomic mass is 10.1. The van der Waals surface area contributed by atoms with Crippen LogP contribution < -0.4 is 5.73 Å². The van der Waals surface area contributed by atoms with Crippen LogP contribution in [0.25, 0.3) is 11.3 Å². The zero-order chi connectivity index (χ0) is 21.3. The first-order valence-corrected chi connectivity index (χ1v) is 9.30. The van der Waals surface area contributed by atoms with Crippen LogP contribution in [0.4, 0.5) is 0 Å². The van der Waals surface area contributed by atoms with Gasteiger partial charge in [-0.15, -0.1) is 0 Å². The van der Waals surface area contributed by atoms with Crippen molar-refractivity contribution in [3.63, 3.8) is 0 Å². The van der Waals surface area contributed by atoms with Crippen molar-refractivity contribution in [2.75, 3.05) is 0 Å². The molecule has 0 unspecified atom stereocenters. The van der Waals surface area contributed by atoms with E-state index in [1.165, 1.54) is 17.7 Å². The number of benzene rings is 1. The number of nitrogens with two attached hydrogens (primary N) is 1. The molecule has 0 saturated heterocycles. The fraction of sp³-hybridized carbons (Fsp3) is 0.211. The third-order valence-corrected chi connectivity index (χ3v) is 4.89. The molecule has 0 bridgehead atoms. The van der Waals surface area contributed by atoms with Crippen molar-refractivity contribution in [1.82, 2.24) is 19.6 Å². The van der Waals surface area contributed by atoms with Crippen LogP contribution in [0.5, 0.6) is 0 Å². The summed E-state index contributed by atoms with van der Waals surface area (Å²) in [6, 6.07) is 7.98. The van der Waals surface area contributed by atoms with Crippen molar-refractivity contribution in [2.24, 2.45) is 5.73 Å². The Morgan fingerprint density at radius 2 is 1.97 bits per heavy atom. The molecule has 3 rings (SSSR count). The molecule has 0 aliphatic heterocycles. The van der Waals surface area contributed by atoms with Crippen molar-refractivity contribution in [2.45, 2.75) is 26.4 Å². The zero-order valence-electron chi connectivity index (χ0n) is 15.6. The van der Waals surface area contributed by atoms with E-state index in [1.54, 1.807) is 29.1 Å². The first kappa shape index (κ1) is 20.6. The summed E-state index contributed by atoms with van der Waals surface area (Å²) in [6.07, 6.45) is 1.64. The quantitative estimate of drug-likeness (QED) is 0.599. The van der Waals surface area contributed by atoms with Gasteiger partial charge >= 0.3 is 0 Å². The van der Waals surface area contributed by atoms with Gasteiger partial charge in [-0.1, -0.05) is 29.3 Å². The molecular weight excluding hydrogens is 415 g/mol. The molecule has 148 valence electrons. The maximum Gasteiger partial charge on any atom is 0.267 e. The normalized spacial score (nSPS) is 11.8. The van der Waals surface area contributed by atoms with Crippen LogP contribution >= 0.6 is 23.2 Å². The van der Waals surface area contributed by atoms with E-state index in [4.69, 9.17) is 34.2 Å². The van der Waals surface area contributed by atoms with Crippen LogP contribution in [0.2, 0.25) is 10.0 Å². The van der Waals surface area contributed by atoms with Gasteiger partial charge in [0.2, 0.25) is 0 Å². The van der Waals surface area contributed by atoms with Crippen molar-refractivity contribution in [1.29, 1.82) is 5.26 Å². The van der Waals surface area contributed by atoms with Crippen molar-refractivity contribution < 1.29 is 9.59 Å². The predicted octanol–water partition coefficient (Wildman–Crippen LogP) is 3.49. The summed E-state index contributed by atoms with van der Waals surface area (Å²) < 4.78 is 3.02. The number of carbonyl (C=O) groups excluding carboxylic acids is 2. The Hall–Kier alpha value is -3.15. The number of hydrogen-bond acceptors (Lipinski definition) is 5. The fourth-order valence-corrected chi connectivity index (χ4v) is 3.36. The second-order valence-corrected chi connectivity index (χ2v) is 7.30. The highest BCUT2D eigenvalue weighted by molar-refractivity contribution is 6.33. The lowest BCUT2D eigenvalue weighted by Gasteiger charge is -2.14. The van der Waals surface area contributed by atoms with Crippen LogP contribution in [0.15, 0.2) is 30.5 Å². The summed E-state index contributed by atoms with van der Waals surface area (Å²) in [6.45, 7) is 3.50. The molecule has 2 heterocycles. The number of nitriles is 1. The minimum absolute atomic E-state index is 0.139. The van der Waals surface area contributed by atoms with E-state index < -0.39 is 5.91 Å². The summed E-state index contributed by atoms with van der Waals surface area (Å²) in [7, 11) is 0. The molecule has 2 aromatic heterocycles. The smallest absolute Gasteiger partial charge is 0.267 e. The molecule has 10 heteroatoms. The van der Waals surface area contributed by atoms with Gasteiger partial charge in [0.05, 0.1) is 28.2 Å². The Morgan fingerprint density at radius 3 is 2.55 bits per heavy atom. The molecular formula is C19H16Cl2N6O2. The van der Waals surface area contributed by atoms with Gasteiger partial charge in [-0.05, 0) is 19.1 Å². The lowest BCUT2D eigenvalue weighted by Crippen LogP contribution is -2.22. The highest BCUT2D eigenvalue weighted by Crippen LogP contribution is 2.30. The number of nitrogens with zero attached hydrogens (tertiary/aromatic N) is 5. The molecule has 29 heavy (non-hydrogen) atoms. The second kappa shape index (κ2) is 8.07. The third-order valence-electron chi connectivity index (χ3n) is 4.30. The summed E-state index contributed by atoms with van der Waals surface area (Å²) in [5, 5.41) is 18.4. The molecule has 0 radical (unpaired) electrons. The van der Waals surface area contributed by atoms with Gasteiger partial charge in [-0.2, -0.15) is 15.5 Å². The average Bonchev–Trinajstić information content (AvgIpc) is 3.26. The average molecular weight is 431 g/mol. The maximum absolute atomic E-state index is 11.7. The van der Waals surface area contributed by atoms with Crippen LogP contribution in [0.1, 0.15) is 46.4 Å². The van der Waals surface area contributed by atoms with Crippen molar-refractivity contribution in [3.8, 4) is 17.3 Å². The molecule has 1 atom stereocenters. The van der Waals surface area contributed by atoms with E-state index in [1.807, 2.05) is 13.0 Å². The zero-order valence-corrected chi connectivity index (χ0v) is 17.1. The Labute approximate surface area is 176 Å². The third kappa shape index (κ3) is 4.16. The number of hydrogen-bond donors (Lipinski definition) is 1. The molecule has 0 spiro atoms. The SMILES string of the molecule is CC(=O)c1cc(C(N)=O)n([C@@H](C)Cn2cc(Cl)c(-c3ccc(C#N)c(Cl)c3)n2)n1. The van der Waals surface area contributed by atoms with Crippen LogP contribution in [0.3, 0.4) is 0 Å². The maximum atomic E-state index is 11.7. The standard InChI is InChI=1S/C19H16Cl2N6O2/c1-10(27-17(19(23)29)6-16(24-27)11(2)28)8-26-9-15(21)18(25-26)12-3-4-13(7-22)14(20)5-12/h3-6,9-10H,8H2,1-2H3,(H2,23,29)/t10-/m0/s1. The Morgan fingerprint density at radius 1 is 1.24 bits per heavy atom. The van der Waals surface area contributed by atoms with Crippen LogP contribution in [0, 0.1) is 11.3 Å². The highest BCUT2D eigenvalue weighted by atomic mass is 35.5. The summed E-state index contributed by atoms with van der Waals surface area (Å²) in [4.78, 5) is 23.3. The van der Waals surface area contributed by atoms with Gasteiger partial charge < -0.3 is 5.73 Å². The van der Waals surface area contributed by atoms with Gasteiger partial charge in [-0.3, -0.25) is 19.0 Å². The number of rotatable bonds is 6. The van der Waals surface area contributed by atoms with E-state index in [-0.39, 0.29) is 23.2 Å². The number of aromatic nitrogens is 4. The minimum Gasteiger partial charge on any atom is -0.364 e. The molecule has 0 saturated carbocycles. The summed E-state index contributed by atoms with van der Waals surface area (Å²) in [5.41, 5.74) is 7.25. The summed E-state index contributed by atoms with van der Waals surface area (Å²) in [5.74, 6) is -0.941. The van der Waals surface area contributed by atoms with E-state index in [9.17, 15) is 9.59 Å². The number of halogens is 2. The largest absolute Gasteiger partial charge is 0.364 e. The summed E-state index contributed by atoms with van der Waals surface area (Å²) >= 11 is 12.4. The molecule has 2 N–H and O–H groups in total. The van der Waals surface area contributed by atoms with E-state index in [0.29, 0.717) is 33.4 Å². The van der Waals surface area contributed by atoms with Crippen molar-refractivity contribution >= 4 is 34.9 Å². The van der Waals surface area contributed by atoms with Gasteiger partial charge in [-0.25, -0.2) is 0 Å². The highest BCUT2D eigenvalue weighted by Gasteiger charge is 2.20. The van der Waals surface area contributed by atoms with Crippen molar-refractivity contribution in [3.05, 3.63) is 57.5 Å². The molecule has 8 nitrogen and oxygen atoms in total. The van der Waals surface area contributed by atoms with E-state index in [0.717, 1.165) is 0 Å². The molecule has 1 aromatic carbocycles. The predicted molar refractivity (Wildman–Crippen MR) is 108 cm³/mol. The molecule has 0 aliphatic carbocycles. The second-order valence-electron chi connectivity index (χ2n) is 6.48. The lowest BCUT2D eigenvalue weighted by molar-refractivity contribution is 0.0983. The Kier molecular flexibility index (Phi) is 5.73. The minimum atomic E-state index is -0.678. The Bertz CT molecular complexity index is 1160. The topological polar surface area (TPSA) is 120 Å². The number of primary amides is 1. The van der Waals surface area contributed by atoms with Gasteiger partial charge in [0.15, 0.2) is 5.78 Å². The number of carbonyl (C=O) groups is 2. The van der Waals surface area contributed by atoms with Gasteiger partial charge in [0.1, 0.15) is 23.2 Å². The monoisotopic (exact) mass is 430 g/mol. The van der Waals surface area contributed by atoms with E-state index in [2.05, 4.69) is 10.2 Å². The molecule has 3 aromatic rings.